The molecule has 9 heteroatoms. The van der Waals surface area contributed by atoms with Crippen molar-refractivity contribution >= 4 is 40.6 Å². The number of rotatable bonds is 5. The Morgan fingerprint density at radius 1 is 1.33 bits per heavy atom. The fourth-order valence-corrected chi connectivity index (χ4v) is 3.82. The van der Waals surface area contributed by atoms with Crippen LogP contribution in [0.4, 0.5) is 10.1 Å². The molecule has 0 fully saturated rings. The van der Waals surface area contributed by atoms with Gasteiger partial charge in [0.2, 0.25) is 0 Å². The lowest BCUT2D eigenvalue weighted by Gasteiger charge is -2.37. The van der Waals surface area contributed by atoms with E-state index in [1.54, 1.807) is 30.9 Å². The highest BCUT2D eigenvalue weighted by Crippen LogP contribution is 2.37. The number of hydrogen-bond acceptors (Lipinski definition) is 5. The molecule has 1 aliphatic heterocycles. The molecule has 3 rings (SSSR count). The summed E-state index contributed by atoms with van der Waals surface area (Å²) in [5.41, 5.74) is 1.95. The fraction of sp³-hybridized carbons (Fsp3) is 0.238. The van der Waals surface area contributed by atoms with E-state index in [1.165, 1.54) is 31.4 Å². The zero-order valence-corrected chi connectivity index (χ0v) is 18.1. The maximum atomic E-state index is 13.6. The number of hydrogen-bond donors (Lipinski definition) is 2. The molecule has 0 saturated heterocycles. The minimum atomic E-state index is -0.642. The predicted molar refractivity (Wildman–Crippen MR) is 116 cm³/mol. The van der Waals surface area contributed by atoms with Crippen LogP contribution < -0.4 is 15.0 Å². The normalized spacial score (nSPS) is 16.4. The quantitative estimate of drug-likeness (QED) is 0.514. The van der Waals surface area contributed by atoms with E-state index in [0.717, 1.165) is 0 Å². The average Bonchev–Trinajstić information content (AvgIpc) is 2.71. The number of aromatic hydroxyl groups is 1. The first-order chi connectivity index (χ1) is 14.3. The van der Waals surface area contributed by atoms with Crippen molar-refractivity contribution in [2.45, 2.75) is 19.9 Å². The molecule has 30 heavy (non-hydrogen) atoms. The van der Waals surface area contributed by atoms with Gasteiger partial charge in [-0.25, -0.2) is 9.18 Å². The Morgan fingerprint density at radius 3 is 2.70 bits per heavy atom. The van der Waals surface area contributed by atoms with E-state index in [1.807, 2.05) is 0 Å². The Hall–Kier alpha value is -2.84. The third-order valence-electron chi connectivity index (χ3n) is 4.67. The van der Waals surface area contributed by atoms with Gasteiger partial charge in [0.25, 0.3) is 0 Å². The number of anilines is 1. The molecular weight excluding hydrogens is 431 g/mol. The largest absolute Gasteiger partial charge is 0.504 e. The van der Waals surface area contributed by atoms with Crippen molar-refractivity contribution in [3.63, 3.8) is 0 Å². The monoisotopic (exact) mass is 450 g/mol. The van der Waals surface area contributed by atoms with Crippen LogP contribution in [0.1, 0.15) is 25.5 Å². The first kappa shape index (κ1) is 21.9. The first-order valence-corrected chi connectivity index (χ1v) is 9.87. The van der Waals surface area contributed by atoms with Crippen LogP contribution in [-0.2, 0) is 9.53 Å². The number of nitrogens with one attached hydrogen (secondary N) is 1. The number of nitrogens with zero attached hydrogens (tertiary/aromatic N) is 1. The third kappa shape index (κ3) is 4.06. The van der Waals surface area contributed by atoms with Crippen LogP contribution in [0.2, 0.25) is 5.02 Å². The molecule has 2 N–H and O–H groups in total. The highest BCUT2D eigenvalue weighted by Gasteiger charge is 2.35. The molecule has 0 radical (unpaired) electrons. The Labute approximate surface area is 183 Å². The van der Waals surface area contributed by atoms with Gasteiger partial charge in [-0.05, 0) is 62.0 Å². The minimum absolute atomic E-state index is 0.0121. The molecule has 0 spiro atoms. The van der Waals surface area contributed by atoms with Gasteiger partial charge in [0.1, 0.15) is 5.82 Å². The van der Waals surface area contributed by atoms with E-state index in [-0.39, 0.29) is 16.5 Å². The SMILES string of the molecule is CCOc1cc(C2NC(=S)N(c3ccc(F)c(Cl)c3)C(C)=C2C(=O)OC)ccc1O. The molecule has 0 saturated carbocycles. The molecule has 1 aliphatic rings. The lowest BCUT2D eigenvalue weighted by atomic mass is 9.94. The molecule has 1 atom stereocenters. The maximum absolute atomic E-state index is 13.6. The number of benzene rings is 2. The van der Waals surface area contributed by atoms with Gasteiger partial charge in [0.15, 0.2) is 16.6 Å². The molecular formula is C21H20ClFN2O4S. The second kappa shape index (κ2) is 8.89. The second-order valence-corrected chi connectivity index (χ2v) is 7.26. The van der Waals surface area contributed by atoms with E-state index < -0.39 is 17.8 Å². The number of halogens is 2. The minimum Gasteiger partial charge on any atom is -0.504 e. The maximum Gasteiger partial charge on any atom is 0.337 e. The van der Waals surface area contributed by atoms with E-state index in [9.17, 15) is 14.3 Å². The highest BCUT2D eigenvalue weighted by atomic mass is 35.5. The number of carbonyl (C=O) groups excluding carboxylic acids is 1. The summed E-state index contributed by atoms with van der Waals surface area (Å²) in [6, 6.07) is 8.32. The lowest BCUT2D eigenvalue weighted by Crippen LogP contribution is -2.48. The third-order valence-corrected chi connectivity index (χ3v) is 5.26. The Balaban J connectivity index is 2.14. The van der Waals surface area contributed by atoms with E-state index in [0.29, 0.717) is 34.2 Å². The molecule has 158 valence electrons. The van der Waals surface area contributed by atoms with Gasteiger partial charge in [-0.2, -0.15) is 0 Å². The van der Waals surface area contributed by atoms with Crippen molar-refractivity contribution in [1.29, 1.82) is 0 Å². The van der Waals surface area contributed by atoms with Crippen LogP contribution >= 0.6 is 23.8 Å². The van der Waals surface area contributed by atoms with Crippen molar-refractivity contribution in [2.75, 3.05) is 18.6 Å². The zero-order valence-electron chi connectivity index (χ0n) is 16.5. The summed E-state index contributed by atoms with van der Waals surface area (Å²) >= 11 is 11.5. The van der Waals surface area contributed by atoms with Crippen molar-refractivity contribution in [2.24, 2.45) is 0 Å². The summed E-state index contributed by atoms with van der Waals surface area (Å²) in [6.07, 6.45) is 0. The predicted octanol–water partition coefficient (Wildman–Crippen LogP) is 4.47. The van der Waals surface area contributed by atoms with E-state index in [2.05, 4.69) is 5.32 Å². The summed E-state index contributed by atoms with van der Waals surface area (Å²) < 4.78 is 24.1. The van der Waals surface area contributed by atoms with Crippen molar-refractivity contribution < 1.29 is 23.8 Å². The van der Waals surface area contributed by atoms with Gasteiger partial charge in [-0.3, -0.25) is 4.90 Å². The van der Waals surface area contributed by atoms with Gasteiger partial charge < -0.3 is 19.9 Å². The molecule has 2 aromatic carbocycles. The number of phenolic OH excluding ortho intramolecular Hbond substituents is 1. The van der Waals surface area contributed by atoms with E-state index >= 15 is 0 Å². The molecule has 0 amide bonds. The lowest BCUT2D eigenvalue weighted by molar-refractivity contribution is -0.136. The first-order valence-electron chi connectivity index (χ1n) is 9.09. The summed E-state index contributed by atoms with van der Waals surface area (Å²) in [5, 5.41) is 13.4. The molecule has 6 nitrogen and oxygen atoms in total. The van der Waals surface area contributed by atoms with Crippen LogP contribution in [0.3, 0.4) is 0 Å². The number of ether oxygens (including phenoxy) is 2. The zero-order chi connectivity index (χ0) is 22.0. The van der Waals surface area contributed by atoms with Crippen LogP contribution in [0, 0.1) is 5.82 Å². The van der Waals surface area contributed by atoms with Crippen LogP contribution in [0.5, 0.6) is 11.5 Å². The Kier molecular flexibility index (Phi) is 6.48. The highest BCUT2D eigenvalue weighted by molar-refractivity contribution is 7.80. The Morgan fingerprint density at radius 2 is 2.07 bits per heavy atom. The van der Waals surface area contributed by atoms with Gasteiger partial charge in [-0.15, -0.1) is 0 Å². The summed E-state index contributed by atoms with van der Waals surface area (Å²) in [4.78, 5) is 14.3. The van der Waals surface area contributed by atoms with Crippen molar-refractivity contribution in [3.05, 3.63) is 64.1 Å². The number of esters is 1. The summed E-state index contributed by atoms with van der Waals surface area (Å²) in [6.45, 7) is 3.88. The van der Waals surface area contributed by atoms with E-state index in [4.69, 9.17) is 33.3 Å². The number of methoxy groups -OCH3 is 1. The number of carbonyl (C=O) groups is 1. The summed E-state index contributed by atoms with van der Waals surface area (Å²) in [7, 11) is 1.29. The Bertz CT molecular complexity index is 1040. The van der Waals surface area contributed by atoms with Gasteiger partial charge in [0, 0.05) is 11.4 Å². The topological polar surface area (TPSA) is 71.0 Å². The molecule has 0 aromatic heterocycles. The van der Waals surface area contributed by atoms with Gasteiger partial charge in [-0.1, -0.05) is 17.7 Å². The smallest absolute Gasteiger partial charge is 0.337 e. The van der Waals surface area contributed by atoms with Crippen LogP contribution in [0.25, 0.3) is 0 Å². The van der Waals surface area contributed by atoms with Gasteiger partial charge in [0.05, 0.1) is 30.4 Å². The molecule has 2 aromatic rings. The number of thiocarbonyl (C=S) groups is 1. The standard InChI is InChI=1S/C21H20ClFN2O4S/c1-4-29-17-9-12(5-8-16(17)26)19-18(20(27)28-3)11(2)25(21(30)24-19)13-6-7-15(23)14(22)10-13/h5-10,19,26H,4H2,1-3H3,(H,24,30). The summed E-state index contributed by atoms with van der Waals surface area (Å²) in [5.74, 6) is -0.840. The molecule has 0 aliphatic carbocycles. The van der Waals surface area contributed by atoms with Crippen LogP contribution in [-0.4, -0.2) is 29.9 Å². The van der Waals surface area contributed by atoms with Crippen molar-refractivity contribution in [1.82, 2.24) is 5.32 Å². The second-order valence-electron chi connectivity index (χ2n) is 6.47. The molecule has 1 unspecified atom stereocenters. The fourth-order valence-electron chi connectivity index (χ4n) is 3.28. The average molecular weight is 451 g/mol. The number of allylic oxidation sites excluding steroid dienone is 1. The van der Waals surface area contributed by atoms with Gasteiger partial charge >= 0.3 is 5.97 Å². The van der Waals surface area contributed by atoms with Crippen LogP contribution in [0.15, 0.2) is 47.7 Å². The molecule has 0 bridgehead atoms. The van der Waals surface area contributed by atoms with Crippen molar-refractivity contribution in [3.8, 4) is 11.5 Å². The number of phenols is 1. The molecule has 1 heterocycles.